The predicted molar refractivity (Wildman–Crippen MR) is 130 cm³/mol. The number of benzene rings is 1. The minimum absolute atomic E-state index is 0.0677. The summed E-state index contributed by atoms with van der Waals surface area (Å²) in [6.07, 6.45) is 0.0677. The van der Waals surface area contributed by atoms with E-state index >= 15 is 0 Å². The zero-order valence-electron chi connectivity index (χ0n) is 20.6. The molecule has 0 bridgehead atoms. The SMILES string of the molecule is CC.CC.CC[C@@]1(O)C(=O)OCc2c1cc1n(c2=O)Cc2c-1nc1cc(F)c(C)cc1c2CN. The van der Waals surface area contributed by atoms with Gasteiger partial charge in [0.05, 0.1) is 29.0 Å². The number of carbonyl (C=O) groups excluding carboxylic acids is 1. The van der Waals surface area contributed by atoms with Crippen LogP contribution in [0.1, 0.15) is 68.9 Å². The number of nitrogens with zero attached hydrogens (tertiary/aromatic N) is 2. The first-order valence-electron chi connectivity index (χ1n) is 11.8. The molecule has 4 heterocycles. The second-order valence-electron chi connectivity index (χ2n) is 7.84. The first kappa shape index (κ1) is 25.5. The molecule has 2 aliphatic heterocycles. The normalized spacial score (nSPS) is 17.5. The highest BCUT2D eigenvalue weighted by molar-refractivity contribution is 5.89. The van der Waals surface area contributed by atoms with E-state index in [0.29, 0.717) is 22.5 Å². The number of fused-ring (bicyclic) bond motifs is 5. The van der Waals surface area contributed by atoms with Crippen molar-refractivity contribution < 1.29 is 19.0 Å². The molecule has 0 saturated carbocycles. The average molecular weight is 470 g/mol. The summed E-state index contributed by atoms with van der Waals surface area (Å²) in [7, 11) is 0. The Bertz CT molecular complexity index is 1330. The molecule has 8 heteroatoms. The Labute approximate surface area is 198 Å². The number of cyclic esters (lactones) is 1. The molecular formula is C26H32FN3O4. The zero-order chi connectivity index (χ0) is 25.4. The summed E-state index contributed by atoms with van der Waals surface area (Å²) in [5.41, 5.74) is 7.85. The molecule has 3 N–H and O–H groups in total. The van der Waals surface area contributed by atoms with E-state index in [9.17, 15) is 19.1 Å². The molecule has 0 amide bonds. The highest BCUT2D eigenvalue weighted by Gasteiger charge is 2.45. The molecule has 1 atom stereocenters. The van der Waals surface area contributed by atoms with Crippen molar-refractivity contribution in [3.8, 4) is 11.4 Å². The van der Waals surface area contributed by atoms with Crippen molar-refractivity contribution in [3.05, 3.63) is 62.2 Å². The molecule has 5 rings (SSSR count). The van der Waals surface area contributed by atoms with E-state index in [1.165, 1.54) is 6.07 Å². The number of esters is 1. The molecule has 0 fully saturated rings. The monoisotopic (exact) mass is 469 g/mol. The highest BCUT2D eigenvalue weighted by Crippen LogP contribution is 2.40. The zero-order valence-corrected chi connectivity index (χ0v) is 20.6. The Kier molecular flexibility index (Phi) is 7.24. The Balaban J connectivity index is 0.000000771. The molecule has 0 unspecified atom stereocenters. The first-order valence-corrected chi connectivity index (χ1v) is 11.8. The van der Waals surface area contributed by atoms with Gasteiger partial charge in [0.15, 0.2) is 5.60 Å². The van der Waals surface area contributed by atoms with Crippen molar-refractivity contribution in [2.45, 2.75) is 73.3 Å². The number of pyridine rings is 2. The fourth-order valence-electron chi connectivity index (χ4n) is 4.52. The number of halogens is 1. The molecular weight excluding hydrogens is 437 g/mol. The quantitative estimate of drug-likeness (QED) is 0.429. The summed E-state index contributed by atoms with van der Waals surface area (Å²) in [6, 6.07) is 4.72. The van der Waals surface area contributed by atoms with E-state index in [4.69, 9.17) is 10.5 Å². The highest BCUT2D eigenvalue weighted by atomic mass is 19.1. The average Bonchev–Trinajstić information content (AvgIpc) is 3.22. The van der Waals surface area contributed by atoms with E-state index < -0.39 is 11.6 Å². The van der Waals surface area contributed by atoms with Crippen LogP contribution in [0.5, 0.6) is 0 Å². The number of rotatable bonds is 2. The molecule has 0 radical (unpaired) electrons. The van der Waals surface area contributed by atoms with Crippen LogP contribution in [0.3, 0.4) is 0 Å². The van der Waals surface area contributed by atoms with E-state index in [1.54, 1.807) is 30.5 Å². The van der Waals surface area contributed by atoms with Crippen molar-refractivity contribution in [2.75, 3.05) is 0 Å². The molecule has 0 aliphatic carbocycles. The van der Waals surface area contributed by atoms with Crippen molar-refractivity contribution in [3.63, 3.8) is 0 Å². The van der Waals surface area contributed by atoms with E-state index in [1.807, 2.05) is 27.7 Å². The van der Waals surface area contributed by atoms with Gasteiger partial charge in [0.1, 0.15) is 12.4 Å². The predicted octanol–water partition coefficient (Wildman–Crippen LogP) is 4.04. The van der Waals surface area contributed by atoms with Gasteiger partial charge in [-0.2, -0.15) is 0 Å². The summed E-state index contributed by atoms with van der Waals surface area (Å²) in [5, 5.41) is 11.7. The Morgan fingerprint density at radius 2 is 1.85 bits per heavy atom. The number of aryl methyl sites for hydroxylation is 1. The molecule has 3 aromatic rings. The third kappa shape index (κ3) is 3.61. The van der Waals surface area contributed by atoms with Crippen LogP contribution in [0.25, 0.3) is 22.3 Å². The number of aliphatic hydroxyl groups is 1. The maximum Gasteiger partial charge on any atom is 0.343 e. The Morgan fingerprint density at radius 3 is 2.47 bits per heavy atom. The number of ether oxygens (including phenoxy) is 1. The van der Waals surface area contributed by atoms with Gasteiger partial charge in [-0.15, -0.1) is 0 Å². The summed E-state index contributed by atoms with van der Waals surface area (Å²) in [6.45, 7) is 11.6. The molecule has 34 heavy (non-hydrogen) atoms. The fraction of sp³-hybridized carbons (Fsp3) is 0.423. The largest absolute Gasteiger partial charge is 0.458 e. The summed E-state index contributed by atoms with van der Waals surface area (Å²) in [5.74, 6) is -1.14. The number of carbonyl (C=O) groups is 1. The second kappa shape index (κ2) is 9.64. The smallest absolute Gasteiger partial charge is 0.343 e. The maximum atomic E-state index is 14.2. The number of hydrogen-bond donors (Lipinski definition) is 2. The molecule has 0 spiro atoms. The molecule has 2 aliphatic rings. The molecule has 7 nitrogen and oxygen atoms in total. The summed E-state index contributed by atoms with van der Waals surface area (Å²) in [4.78, 5) is 30.1. The molecule has 0 saturated heterocycles. The second-order valence-corrected chi connectivity index (χ2v) is 7.84. The minimum Gasteiger partial charge on any atom is -0.458 e. The van der Waals surface area contributed by atoms with Crippen LogP contribution >= 0.6 is 0 Å². The van der Waals surface area contributed by atoms with Crippen LogP contribution in [0.15, 0.2) is 23.0 Å². The summed E-state index contributed by atoms with van der Waals surface area (Å²) >= 11 is 0. The van der Waals surface area contributed by atoms with Gasteiger partial charge in [-0.05, 0) is 36.6 Å². The van der Waals surface area contributed by atoms with Gasteiger partial charge in [-0.25, -0.2) is 14.2 Å². The van der Waals surface area contributed by atoms with Gasteiger partial charge in [-0.3, -0.25) is 4.79 Å². The molecule has 1 aromatic carbocycles. The lowest BCUT2D eigenvalue weighted by Crippen LogP contribution is -2.44. The Morgan fingerprint density at radius 1 is 1.18 bits per heavy atom. The fourth-order valence-corrected chi connectivity index (χ4v) is 4.52. The topological polar surface area (TPSA) is 107 Å². The first-order chi connectivity index (χ1) is 16.3. The van der Waals surface area contributed by atoms with Gasteiger partial charge < -0.3 is 20.1 Å². The van der Waals surface area contributed by atoms with Crippen LogP contribution in [0.4, 0.5) is 4.39 Å². The van der Waals surface area contributed by atoms with Crippen molar-refractivity contribution in [1.82, 2.24) is 9.55 Å². The third-order valence-corrected chi connectivity index (χ3v) is 6.29. The van der Waals surface area contributed by atoms with Crippen molar-refractivity contribution in [2.24, 2.45) is 5.73 Å². The molecule has 2 aromatic heterocycles. The van der Waals surface area contributed by atoms with Gasteiger partial charge in [0.2, 0.25) is 0 Å². The maximum absolute atomic E-state index is 14.2. The van der Waals surface area contributed by atoms with Crippen molar-refractivity contribution >= 4 is 16.9 Å². The summed E-state index contributed by atoms with van der Waals surface area (Å²) < 4.78 is 20.8. The van der Waals surface area contributed by atoms with Crippen molar-refractivity contribution in [1.29, 1.82) is 0 Å². The lowest BCUT2D eigenvalue weighted by atomic mass is 9.86. The van der Waals surface area contributed by atoms with Crippen LogP contribution in [-0.4, -0.2) is 20.6 Å². The Hall–Kier alpha value is -3.10. The third-order valence-electron chi connectivity index (χ3n) is 6.29. The molecule has 182 valence electrons. The number of aromatic nitrogens is 2. The van der Waals surface area contributed by atoms with E-state index in [2.05, 4.69) is 4.98 Å². The standard InChI is InChI=1S/C22H20FN3O4.2C2H6/c1-3-22(29)15-5-18-19-13(8-26(18)20(27)14(15)9-30-21(22)28)12(7-24)11-4-10(2)16(23)6-17(11)25-19;2*1-2/h4-6,29H,3,7-9,24H2,1-2H3;2*1-2H3/t22-;;/m0../s1. The minimum atomic E-state index is -1.89. The lowest BCUT2D eigenvalue weighted by Gasteiger charge is -2.31. The van der Waals surface area contributed by atoms with E-state index in [0.717, 1.165) is 16.5 Å². The van der Waals surface area contributed by atoms with Gasteiger partial charge in [-0.1, -0.05) is 34.6 Å². The van der Waals surface area contributed by atoms with E-state index in [-0.39, 0.29) is 48.6 Å². The van der Waals surface area contributed by atoms with Crippen LogP contribution in [0, 0.1) is 12.7 Å². The van der Waals surface area contributed by atoms with Crippen LogP contribution in [-0.2, 0) is 34.8 Å². The van der Waals surface area contributed by atoms with Gasteiger partial charge >= 0.3 is 5.97 Å². The lowest BCUT2D eigenvalue weighted by molar-refractivity contribution is -0.172. The number of hydrogen-bond acceptors (Lipinski definition) is 6. The van der Waals surface area contributed by atoms with Crippen LogP contribution < -0.4 is 11.3 Å². The van der Waals surface area contributed by atoms with Gasteiger partial charge in [0.25, 0.3) is 5.56 Å². The van der Waals surface area contributed by atoms with Gasteiger partial charge in [0, 0.05) is 29.1 Å². The van der Waals surface area contributed by atoms with Crippen LogP contribution in [0.2, 0.25) is 0 Å². The number of nitrogens with two attached hydrogens (primary N) is 1.